The Morgan fingerprint density at radius 2 is 1.85 bits per heavy atom. The van der Waals surface area contributed by atoms with E-state index in [0.29, 0.717) is 16.6 Å². The number of hydrogen-bond donors (Lipinski definition) is 1. The maximum absolute atomic E-state index is 12.9. The summed E-state index contributed by atoms with van der Waals surface area (Å²) in [5, 5.41) is 3.77. The monoisotopic (exact) mass is 424 g/mol. The first kappa shape index (κ1) is 21.6. The molecule has 2 aromatic carbocycles. The Kier molecular flexibility index (Phi) is 8.48. The summed E-state index contributed by atoms with van der Waals surface area (Å²) in [6.07, 6.45) is 0. The molecule has 0 aliphatic rings. The van der Waals surface area contributed by atoms with E-state index in [1.807, 2.05) is 37.3 Å². The Morgan fingerprint density at radius 3 is 2.48 bits per heavy atom. The van der Waals surface area contributed by atoms with Gasteiger partial charge in [-0.15, -0.1) is 11.8 Å². The maximum Gasteiger partial charge on any atom is 0.242 e. The fraction of sp³-hybridized carbons (Fsp3) is 0.300. The number of carbonyl (C=O) groups is 2. The van der Waals surface area contributed by atoms with E-state index >= 15 is 0 Å². The van der Waals surface area contributed by atoms with Gasteiger partial charge in [0.05, 0.1) is 5.75 Å². The van der Waals surface area contributed by atoms with Crippen molar-refractivity contribution in [2.75, 3.05) is 12.3 Å². The molecule has 1 N–H and O–H groups in total. The van der Waals surface area contributed by atoms with Gasteiger partial charge in [-0.25, -0.2) is 0 Å². The molecule has 0 saturated heterocycles. The molecule has 0 bridgehead atoms. The molecular weight excluding hydrogens is 403 g/mol. The lowest BCUT2D eigenvalue weighted by Crippen LogP contribution is -2.48. The van der Waals surface area contributed by atoms with E-state index in [4.69, 9.17) is 23.2 Å². The fourth-order valence-corrected chi connectivity index (χ4v) is 3.76. The number of hydrogen-bond acceptors (Lipinski definition) is 3. The lowest BCUT2D eigenvalue weighted by Gasteiger charge is -2.29. The summed E-state index contributed by atoms with van der Waals surface area (Å²) in [4.78, 5) is 27.8. The van der Waals surface area contributed by atoms with Crippen LogP contribution in [0.3, 0.4) is 0 Å². The van der Waals surface area contributed by atoms with Crippen LogP contribution in [0.2, 0.25) is 10.0 Å². The zero-order valence-electron chi connectivity index (χ0n) is 15.2. The molecule has 2 aromatic rings. The third kappa shape index (κ3) is 6.45. The van der Waals surface area contributed by atoms with E-state index in [0.717, 1.165) is 10.5 Å². The number of likely N-dealkylation sites (N-methyl/N-ethyl adjacent to an activating group) is 1. The summed E-state index contributed by atoms with van der Waals surface area (Å²) in [6.45, 7) is 4.31. The lowest BCUT2D eigenvalue weighted by molar-refractivity contribution is -0.138. The molecule has 4 nitrogen and oxygen atoms in total. The average molecular weight is 425 g/mol. The molecule has 144 valence electrons. The number of amides is 2. The highest BCUT2D eigenvalue weighted by Crippen LogP contribution is 2.24. The van der Waals surface area contributed by atoms with Crippen LogP contribution in [0, 0.1) is 0 Å². The van der Waals surface area contributed by atoms with Gasteiger partial charge in [-0.3, -0.25) is 9.59 Å². The smallest absolute Gasteiger partial charge is 0.242 e. The second kappa shape index (κ2) is 10.6. The van der Waals surface area contributed by atoms with Gasteiger partial charge in [-0.2, -0.15) is 0 Å². The van der Waals surface area contributed by atoms with Crippen molar-refractivity contribution in [3.63, 3.8) is 0 Å². The zero-order chi connectivity index (χ0) is 19.8. The van der Waals surface area contributed by atoms with Crippen molar-refractivity contribution in [2.24, 2.45) is 0 Å². The van der Waals surface area contributed by atoms with Crippen molar-refractivity contribution in [1.29, 1.82) is 0 Å². The molecule has 0 radical (unpaired) electrons. The minimum atomic E-state index is -0.611. The van der Waals surface area contributed by atoms with E-state index in [-0.39, 0.29) is 24.1 Å². The second-order valence-electron chi connectivity index (χ2n) is 5.93. The molecule has 7 heteroatoms. The van der Waals surface area contributed by atoms with Crippen LogP contribution in [0.5, 0.6) is 0 Å². The number of thioether (sulfide) groups is 1. The Balaban J connectivity index is 2.17. The van der Waals surface area contributed by atoms with Crippen molar-refractivity contribution in [2.45, 2.75) is 31.3 Å². The first-order valence-electron chi connectivity index (χ1n) is 8.61. The highest BCUT2D eigenvalue weighted by atomic mass is 35.5. The number of benzene rings is 2. The van der Waals surface area contributed by atoms with Gasteiger partial charge in [0.2, 0.25) is 11.8 Å². The Morgan fingerprint density at radius 1 is 1.15 bits per heavy atom. The van der Waals surface area contributed by atoms with Crippen molar-refractivity contribution < 1.29 is 9.59 Å². The topological polar surface area (TPSA) is 49.4 Å². The van der Waals surface area contributed by atoms with Crippen LogP contribution in [0.4, 0.5) is 0 Å². The average Bonchev–Trinajstić information content (AvgIpc) is 2.66. The van der Waals surface area contributed by atoms with Gasteiger partial charge in [0.25, 0.3) is 0 Å². The fourth-order valence-electron chi connectivity index (χ4n) is 2.48. The maximum atomic E-state index is 12.9. The van der Waals surface area contributed by atoms with Crippen LogP contribution < -0.4 is 5.32 Å². The van der Waals surface area contributed by atoms with E-state index in [9.17, 15) is 9.59 Å². The van der Waals surface area contributed by atoms with Gasteiger partial charge >= 0.3 is 0 Å². The van der Waals surface area contributed by atoms with Crippen LogP contribution in [-0.2, 0) is 16.1 Å². The van der Waals surface area contributed by atoms with Gasteiger partial charge in [0.1, 0.15) is 6.04 Å². The molecule has 0 aromatic heterocycles. The molecule has 0 unspecified atom stereocenters. The van der Waals surface area contributed by atoms with E-state index in [2.05, 4.69) is 5.32 Å². The predicted molar refractivity (Wildman–Crippen MR) is 112 cm³/mol. The highest BCUT2D eigenvalue weighted by molar-refractivity contribution is 8.00. The molecule has 27 heavy (non-hydrogen) atoms. The first-order valence-corrected chi connectivity index (χ1v) is 10.4. The molecule has 1 atom stereocenters. The molecular formula is C20H22Cl2N2O2S. The van der Waals surface area contributed by atoms with Crippen molar-refractivity contribution in [1.82, 2.24) is 10.2 Å². The molecule has 0 spiro atoms. The van der Waals surface area contributed by atoms with Gasteiger partial charge in [0.15, 0.2) is 0 Å². The van der Waals surface area contributed by atoms with Gasteiger partial charge in [-0.1, -0.05) is 47.5 Å². The largest absolute Gasteiger partial charge is 0.355 e. The Bertz CT molecular complexity index is 787. The number of rotatable bonds is 8. The van der Waals surface area contributed by atoms with Crippen LogP contribution in [0.25, 0.3) is 0 Å². The van der Waals surface area contributed by atoms with Gasteiger partial charge < -0.3 is 10.2 Å². The van der Waals surface area contributed by atoms with Crippen LogP contribution in [0.1, 0.15) is 19.4 Å². The Labute approximate surface area is 174 Å². The van der Waals surface area contributed by atoms with E-state index in [1.54, 1.807) is 30.0 Å². The molecule has 0 aliphatic carbocycles. The molecule has 0 heterocycles. The van der Waals surface area contributed by atoms with Crippen molar-refractivity contribution in [3.8, 4) is 0 Å². The highest BCUT2D eigenvalue weighted by Gasteiger charge is 2.26. The summed E-state index contributed by atoms with van der Waals surface area (Å²) < 4.78 is 0. The number of nitrogens with zero attached hydrogens (tertiary/aromatic N) is 1. The summed E-state index contributed by atoms with van der Waals surface area (Å²) in [7, 11) is 0. The third-order valence-electron chi connectivity index (χ3n) is 3.98. The van der Waals surface area contributed by atoms with Crippen molar-refractivity contribution in [3.05, 3.63) is 64.1 Å². The SMILES string of the molecule is CCNC(=O)[C@H](C)N(Cc1ccc(Cl)cc1Cl)C(=O)CSc1ccccc1. The molecule has 0 aliphatic heterocycles. The van der Waals surface area contributed by atoms with Gasteiger partial charge in [-0.05, 0) is 43.7 Å². The molecule has 0 saturated carbocycles. The van der Waals surface area contributed by atoms with Crippen LogP contribution in [0.15, 0.2) is 53.4 Å². The van der Waals surface area contributed by atoms with Gasteiger partial charge in [0, 0.05) is 28.0 Å². The quantitative estimate of drug-likeness (QED) is 0.627. The van der Waals surface area contributed by atoms with E-state index < -0.39 is 6.04 Å². The molecule has 0 fully saturated rings. The van der Waals surface area contributed by atoms with Crippen molar-refractivity contribution >= 4 is 46.8 Å². The van der Waals surface area contributed by atoms with E-state index in [1.165, 1.54) is 11.8 Å². The first-order chi connectivity index (χ1) is 12.9. The summed E-state index contributed by atoms with van der Waals surface area (Å²) >= 11 is 13.7. The zero-order valence-corrected chi connectivity index (χ0v) is 17.6. The molecule has 2 amide bonds. The predicted octanol–water partition coefficient (Wildman–Crippen LogP) is 4.64. The standard InChI is InChI=1S/C20H22Cl2N2O2S/c1-3-23-20(26)14(2)24(12-15-9-10-16(21)11-18(15)22)19(25)13-27-17-7-5-4-6-8-17/h4-11,14H,3,12-13H2,1-2H3,(H,23,26)/t14-/m0/s1. The summed E-state index contributed by atoms with van der Waals surface area (Å²) in [5.74, 6) is -0.0897. The third-order valence-corrected chi connectivity index (χ3v) is 5.56. The number of halogens is 2. The second-order valence-corrected chi connectivity index (χ2v) is 7.82. The normalized spacial score (nSPS) is 11.7. The number of nitrogens with one attached hydrogen (secondary N) is 1. The lowest BCUT2D eigenvalue weighted by atomic mass is 10.1. The number of carbonyl (C=O) groups excluding carboxylic acids is 2. The Hall–Kier alpha value is -1.69. The minimum Gasteiger partial charge on any atom is -0.355 e. The van der Waals surface area contributed by atoms with Crippen LogP contribution >= 0.6 is 35.0 Å². The summed E-state index contributed by atoms with van der Waals surface area (Å²) in [5.41, 5.74) is 0.746. The minimum absolute atomic E-state index is 0.131. The van der Waals surface area contributed by atoms with Crippen LogP contribution in [-0.4, -0.2) is 35.1 Å². The summed E-state index contributed by atoms with van der Waals surface area (Å²) in [6, 6.07) is 14.2. The molecule has 2 rings (SSSR count).